The van der Waals surface area contributed by atoms with Crippen LogP contribution in [0.1, 0.15) is 19.4 Å². The zero-order valence-corrected chi connectivity index (χ0v) is 18.1. The Bertz CT molecular complexity index is 1020. The van der Waals surface area contributed by atoms with Crippen LogP contribution in [-0.4, -0.2) is 38.3 Å². The molecule has 0 aliphatic carbocycles. The van der Waals surface area contributed by atoms with E-state index in [4.69, 9.17) is 24.3 Å². The molecule has 0 N–H and O–H groups in total. The fourth-order valence-corrected chi connectivity index (χ4v) is 4.35. The molecule has 3 rings (SSSR count). The standard InChI is InChI=1S/C20H23N3O3S2/c1-13(2)22-20-23(15(12-28-20)19-7-6-8-27-19)21-11-14-9-17(25-4)18(26-5)10-16(14)24-3/h6-13H,1-5H3. The Kier molecular flexibility index (Phi) is 6.53. The van der Waals surface area contributed by atoms with Crippen LogP contribution in [0, 0.1) is 0 Å². The van der Waals surface area contributed by atoms with Gasteiger partial charge in [-0.2, -0.15) is 5.10 Å². The van der Waals surface area contributed by atoms with E-state index in [9.17, 15) is 0 Å². The predicted octanol–water partition coefficient (Wildman–Crippen LogP) is 4.50. The zero-order valence-electron chi connectivity index (χ0n) is 16.5. The van der Waals surface area contributed by atoms with Gasteiger partial charge in [-0.3, -0.25) is 4.99 Å². The number of ether oxygens (including phenoxy) is 3. The fourth-order valence-electron chi connectivity index (χ4n) is 2.59. The van der Waals surface area contributed by atoms with Gasteiger partial charge in [0.15, 0.2) is 11.5 Å². The molecule has 2 aromatic heterocycles. The quantitative estimate of drug-likeness (QED) is 0.532. The number of benzene rings is 1. The van der Waals surface area contributed by atoms with E-state index >= 15 is 0 Å². The second-order valence-electron chi connectivity index (χ2n) is 6.11. The lowest BCUT2D eigenvalue weighted by atomic mass is 10.2. The van der Waals surface area contributed by atoms with Crippen LogP contribution in [0.4, 0.5) is 0 Å². The second kappa shape index (κ2) is 9.07. The van der Waals surface area contributed by atoms with Gasteiger partial charge in [0.25, 0.3) is 0 Å². The molecule has 28 heavy (non-hydrogen) atoms. The van der Waals surface area contributed by atoms with Crippen molar-refractivity contribution in [2.75, 3.05) is 21.3 Å². The van der Waals surface area contributed by atoms with Crippen molar-refractivity contribution in [3.63, 3.8) is 0 Å². The van der Waals surface area contributed by atoms with Gasteiger partial charge in [-0.15, -0.1) is 22.7 Å². The fraction of sp³-hybridized carbons (Fsp3) is 0.300. The number of hydrogen-bond donors (Lipinski definition) is 0. The van der Waals surface area contributed by atoms with Crippen LogP contribution < -0.4 is 19.0 Å². The minimum atomic E-state index is 0.173. The van der Waals surface area contributed by atoms with Crippen LogP contribution >= 0.6 is 22.7 Å². The minimum absolute atomic E-state index is 0.173. The molecule has 1 aromatic carbocycles. The molecule has 0 saturated heterocycles. The van der Waals surface area contributed by atoms with Crippen molar-refractivity contribution >= 4 is 28.9 Å². The van der Waals surface area contributed by atoms with Crippen molar-refractivity contribution in [1.29, 1.82) is 0 Å². The zero-order chi connectivity index (χ0) is 20.1. The van der Waals surface area contributed by atoms with Crippen molar-refractivity contribution in [2.45, 2.75) is 19.9 Å². The molecule has 0 atom stereocenters. The van der Waals surface area contributed by atoms with Gasteiger partial charge in [-0.05, 0) is 31.4 Å². The summed E-state index contributed by atoms with van der Waals surface area (Å²) in [6.07, 6.45) is 1.75. The van der Waals surface area contributed by atoms with Gasteiger partial charge in [-0.1, -0.05) is 6.07 Å². The highest BCUT2D eigenvalue weighted by Gasteiger charge is 2.12. The van der Waals surface area contributed by atoms with E-state index in [-0.39, 0.29) is 6.04 Å². The van der Waals surface area contributed by atoms with Crippen LogP contribution in [0.3, 0.4) is 0 Å². The second-order valence-corrected chi connectivity index (χ2v) is 7.89. The summed E-state index contributed by atoms with van der Waals surface area (Å²) >= 11 is 3.25. The van der Waals surface area contributed by atoms with E-state index < -0.39 is 0 Å². The lowest BCUT2D eigenvalue weighted by Crippen LogP contribution is -2.14. The predicted molar refractivity (Wildman–Crippen MR) is 115 cm³/mol. The van der Waals surface area contributed by atoms with Gasteiger partial charge in [0.05, 0.1) is 38.1 Å². The Hall–Kier alpha value is -2.58. The van der Waals surface area contributed by atoms with Gasteiger partial charge in [-0.25, -0.2) is 4.68 Å². The summed E-state index contributed by atoms with van der Waals surface area (Å²) in [5, 5.41) is 8.86. The van der Waals surface area contributed by atoms with E-state index in [1.54, 1.807) is 56.3 Å². The van der Waals surface area contributed by atoms with Gasteiger partial charge in [0.1, 0.15) is 5.75 Å². The van der Waals surface area contributed by atoms with E-state index in [2.05, 4.69) is 30.7 Å². The van der Waals surface area contributed by atoms with Crippen LogP contribution in [0.15, 0.2) is 45.1 Å². The molecule has 0 spiro atoms. The van der Waals surface area contributed by atoms with E-state index in [0.717, 1.165) is 20.9 Å². The van der Waals surface area contributed by atoms with Crippen LogP contribution in [0.25, 0.3) is 10.6 Å². The highest BCUT2D eigenvalue weighted by molar-refractivity contribution is 7.14. The topological polar surface area (TPSA) is 57.3 Å². The van der Waals surface area contributed by atoms with E-state index in [0.29, 0.717) is 17.2 Å². The largest absolute Gasteiger partial charge is 0.496 e. The smallest absolute Gasteiger partial charge is 0.206 e. The Morgan fingerprint density at radius 3 is 2.32 bits per heavy atom. The highest BCUT2D eigenvalue weighted by Crippen LogP contribution is 2.34. The number of rotatable bonds is 7. The molecule has 3 aromatic rings. The number of hydrogen-bond acceptors (Lipinski definition) is 7. The lowest BCUT2D eigenvalue weighted by molar-refractivity contribution is 0.349. The summed E-state index contributed by atoms with van der Waals surface area (Å²) in [6.45, 7) is 4.10. The van der Waals surface area contributed by atoms with Crippen molar-refractivity contribution in [3.05, 3.63) is 45.4 Å². The summed E-state index contributed by atoms with van der Waals surface area (Å²) in [7, 11) is 4.82. The number of methoxy groups -OCH3 is 3. The van der Waals surface area contributed by atoms with Crippen LogP contribution in [0.5, 0.6) is 17.2 Å². The number of aromatic nitrogens is 1. The molecule has 0 fully saturated rings. The third-order valence-corrected chi connectivity index (χ3v) is 5.60. The Balaban J connectivity index is 2.11. The van der Waals surface area contributed by atoms with Crippen molar-refractivity contribution in [2.24, 2.45) is 10.1 Å². The normalized spacial score (nSPS) is 12.1. The highest BCUT2D eigenvalue weighted by atomic mass is 32.1. The van der Waals surface area contributed by atoms with Crippen molar-refractivity contribution in [1.82, 2.24) is 4.68 Å². The molecule has 0 amide bonds. The molecular weight excluding hydrogens is 394 g/mol. The Labute approximate surface area is 172 Å². The molecule has 0 bridgehead atoms. The van der Waals surface area contributed by atoms with Gasteiger partial charge < -0.3 is 14.2 Å². The molecule has 0 unspecified atom stereocenters. The summed E-state index contributed by atoms with van der Waals surface area (Å²) in [4.78, 5) is 6.68. The Morgan fingerprint density at radius 1 is 1.00 bits per heavy atom. The SMILES string of the molecule is COc1cc(OC)c(OC)cc1C=Nn1c(-c2cccs2)csc1=NC(C)C. The van der Waals surface area contributed by atoms with Crippen LogP contribution in [-0.2, 0) is 0 Å². The van der Waals surface area contributed by atoms with E-state index in [1.165, 1.54) is 0 Å². The third-order valence-electron chi connectivity index (χ3n) is 3.88. The first kappa shape index (κ1) is 20.2. The van der Waals surface area contributed by atoms with Crippen molar-refractivity contribution < 1.29 is 14.2 Å². The summed E-state index contributed by atoms with van der Waals surface area (Å²) < 4.78 is 18.1. The van der Waals surface area contributed by atoms with Crippen molar-refractivity contribution in [3.8, 4) is 27.8 Å². The summed E-state index contributed by atoms with van der Waals surface area (Å²) in [5.41, 5.74) is 1.79. The first-order chi connectivity index (χ1) is 13.6. The average Bonchev–Trinajstić information content (AvgIpc) is 3.35. The first-order valence-corrected chi connectivity index (χ1v) is 10.5. The average molecular weight is 418 g/mol. The first-order valence-electron chi connectivity index (χ1n) is 8.70. The molecule has 2 heterocycles. The maximum Gasteiger partial charge on any atom is 0.206 e. The number of thiazole rings is 1. The van der Waals surface area contributed by atoms with E-state index in [1.807, 2.05) is 16.8 Å². The van der Waals surface area contributed by atoms with Gasteiger partial charge in [0.2, 0.25) is 4.80 Å². The van der Waals surface area contributed by atoms with Crippen LogP contribution in [0.2, 0.25) is 0 Å². The van der Waals surface area contributed by atoms with Gasteiger partial charge in [0, 0.05) is 23.1 Å². The van der Waals surface area contributed by atoms with Gasteiger partial charge >= 0.3 is 0 Å². The lowest BCUT2D eigenvalue weighted by Gasteiger charge is -2.12. The summed E-state index contributed by atoms with van der Waals surface area (Å²) in [6, 6.07) is 7.92. The molecule has 0 radical (unpaired) electrons. The molecule has 0 aliphatic heterocycles. The monoisotopic (exact) mass is 417 g/mol. The molecule has 6 nitrogen and oxygen atoms in total. The Morgan fingerprint density at radius 2 is 1.71 bits per heavy atom. The number of thiophene rings is 1. The maximum atomic E-state index is 5.50. The number of nitrogens with zero attached hydrogens (tertiary/aromatic N) is 3. The molecule has 8 heteroatoms. The molecular formula is C20H23N3O3S2. The maximum absolute atomic E-state index is 5.50. The third kappa shape index (κ3) is 4.28. The molecule has 0 aliphatic rings. The molecule has 148 valence electrons. The minimum Gasteiger partial charge on any atom is -0.496 e. The summed E-state index contributed by atoms with van der Waals surface area (Å²) in [5.74, 6) is 1.87. The molecule has 0 saturated carbocycles.